The van der Waals surface area contributed by atoms with Crippen molar-refractivity contribution in [2.45, 2.75) is 42.0 Å². The summed E-state index contributed by atoms with van der Waals surface area (Å²) in [6.07, 6.45) is 0.0346. The van der Waals surface area contributed by atoms with Crippen molar-refractivity contribution in [2.75, 3.05) is 40.2 Å². The molecule has 7 rings (SSSR count). The van der Waals surface area contributed by atoms with E-state index in [0.717, 1.165) is 20.8 Å². The highest BCUT2D eigenvalue weighted by molar-refractivity contribution is 7.92. The number of aliphatic hydroxyl groups excluding tert-OH is 1. The van der Waals surface area contributed by atoms with Crippen LogP contribution >= 0.6 is 0 Å². The van der Waals surface area contributed by atoms with Crippen LogP contribution in [0.25, 0.3) is 22.5 Å². The number of rotatable bonds is 21. The van der Waals surface area contributed by atoms with E-state index >= 15 is 16.8 Å². The average molecular weight is 964 g/mol. The largest absolute Gasteiger partial charge is 0.497 e. The number of hydrogen-bond donors (Lipinski definition) is 4. The molecule has 0 radical (unpaired) electrons. The van der Waals surface area contributed by atoms with Gasteiger partial charge in [0.05, 0.1) is 46.1 Å². The van der Waals surface area contributed by atoms with Crippen molar-refractivity contribution in [2.24, 2.45) is 0 Å². The lowest BCUT2D eigenvalue weighted by Crippen LogP contribution is -2.47. The van der Waals surface area contributed by atoms with Gasteiger partial charge in [-0.15, -0.1) is 10.2 Å². The fourth-order valence-corrected chi connectivity index (χ4v) is 11.0. The molecule has 0 unspecified atom stereocenters. The lowest BCUT2D eigenvalue weighted by atomic mass is 10.00. The van der Waals surface area contributed by atoms with Crippen LogP contribution in [0.4, 0.5) is 10.6 Å². The van der Waals surface area contributed by atoms with Crippen molar-refractivity contribution < 1.29 is 46.1 Å². The first-order chi connectivity index (χ1) is 32.7. The van der Waals surface area contributed by atoms with E-state index in [0.29, 0.717) is 39.5 Å². The molecule has 7 aromatic rings. The number of amides is 1. The molecule has 0 aliphatic heterocycles. The number of nitrogens with two attached hydrogens (primary N) is 1. The maximum atomic E-state index is 16.0. The van der Waals surface area contributed by atoms with E-state index in [1.54, 1.807) is 116 Å². The van der Waals surface area contributed by atoms with Crippen LogP contribution in [0.1, 0.15) is 22.3 Å². The average Bonchev–Trinajstić information content (AvgIpc) is 3.81. The molecule has 5 aromatic carbocycles. The number of nitrogen functional groups attached to an aromatic ring is 1. The molecular weight excluding hydrogens is 915 g/mol. The summed E-state index contributed by atoms with van der Waals surface area (Å²) in [5.41, 5.74) is 8.84. The molecule has 2 heterocycles. The predicted octanol–water partition coefficient (Wildman–Crippen LogP) is 5.27. The Balaban J connectivity index is 1.44. The van der Waals surface area contributed by atoms with Gasteiger partial charge in [0.15, 0.2) is 0 Å². The van der Waals surface area contributed by atoms with Gasteiger partial charge in [0, 0.05) is 32.4 Å². The van der Waals surface area contributed by atoms with E-state index in [9.17, 15) is 15.0 Å². The summed E-state index contributed by atoms with van der Waals surface area (Å²) >= 11 is 0. The summed E-state index contributed by atoms with van der Waals surface area (Å²) in [5, 5.41) is 34.0. The molecule has 68 heavy (non-hydrogen) atoms. The molecule has 354 valence electrons. The standard InChI is InChI=1S/C47H49N9O10S2/c1-64-38-15-9-33(10-16-38)27-55(28-34-11-17-39(65-2)18-12-34)68(62,63)45-42(67(60,61)52-37(31-57)30-54(47(58)59)26-32-7-5-4-6-8-32)22-21-41(36-23-24-49-43(48)25-36)44(45)46-50-53-56(51-46)29-35-13-19-40(66-3)20-14-35/h4-25,37,52,57H,26-31H2,1-3H3,(H2,48,49)(H,58,59)/t37-/m0/s1. The van der Waals surface area contributed by atoms with Crippen LogP contribution in [0.3, 0.4) is 0 Å². The molecule has 0 saturated heterocycles. The van der Waals surface area contributed by atoms with Crippen LogP contribution in [-0.4, -0.2) is 108 Å². The van der Waals surface area contributed by atoms with E-state index in [-0.39, 0.29) is 48.9 Å². The van der Waals surface area contributed by atoms with Crippen molar-refractivity contribution in [1.29, 1.82) is 0 Å². The highest BCUT2D eigenvalue weighted by Crippen LogP contribution is 2.42. The first-order valence-corrected chi connectivity index (χ1v) is 23.8. The van der Waals surface area contributed by atoms with Crippen LogP contribution in [-0.2, 0) is 46.2 Å². The number of anilines is 1. The second kappa shape index (κ2) is 21.5. The maximum absolute atomic E-state index is 16.0. The summed E-state index contributed by atoms with van der Waals surface area (Å²) in [4.78, 5) is 17.3. The third-order valence-electron chi connectivity index (χ3n) is 10.8. The van der Waals surface area contributed by atoms with Gasteiger partial charge in [0.1, 0.15) is 32.9 Å². The molecule has 19 nitrogen and oxygen atoms in total. The number of aliphatic hydroxyl groups is 1. The minimum atomic E-state index is -5.03. The lowest BCUT2D eigenvalue weighted by molar-refractivity contribution is 0.130. The summed E-state index contributed by atoms with van der Waals surface area (Å²) in [6.45, 7) is -1.94. The Labute approximate surface area is 393 Å². The van der Waals surface area contributed by atoms with Gasteiger partial charge in [-0.3, -0.25) is 0 Å². The van der Waals surface area contributed by atoms with Gasteiger partial charge < -0.3 is 35.1 Å². The number of nitrogens with zero attached hydrogens (tertiary/aromatic N) is 7. The van der Waals surface area contributed by atoms with Crippen molar-refractivity contribution >= 4 is 32.0 Å². The van der Waals surface area contributed by atoms with Gasteiger partial charge in [-0.1, -0.05) is 72.8 Å². The van der Waals surface area contributed by atoms with Crippen molar-refractivity contribution in [3.63, 3.8) is 0 Å². The number of sulfonamides is 2. The Bertz CT molecular complexity index is 3000. The number of nitrogens with one attached hydrogen (secondary N) is 1. The quantitative estimate of drug-likeness (QED) is 0.0716. The summed E-state index contributed by atoms with van der Waals surface area (Å²) in [5.74, 6) is 1.49. The van der Waals surface area contributed by atoms with Gasteiger partial charge in [-0.05, 0) is 93.2 Å². The fraction of sp³-hybridized carbons (Fsp3) is 0.213. The van der Waals surface area contributed by atoms with Crippen molar-refractivity contribution in [3.8, 4) is 39.8 Å². The first kappa shape index (κ1) is 48.5. The molecule has 0 aliphatic carbocycles. The second-order valence-corrected chi connectivity index (χ2v) is 19.0. The van der Waals surface area contributed by atoms with Crippen LogP contribution in [0.15, 0.2) is 143 Å². The van der Waals surface area contributed by atoms with Gasteiger partial charge >= 0.3 is 6.09 Å². The molecule has 5 N–H and O–H groups in total. The molecule has 1 atom stereocenters. The molecule has 0 aliphatic rings. The van der Waals surface area contributed by atoms with E-state index in [1.807, 2.05) is 0 Å². The fourth-order valence-electron chi connectivity index (χ4n) is 7.33. The number of pyridine rings is 1. The topological polar surface area (TPSA) is 255 Å². The van der Waals surface area contributed by atoms with E-state index in [4.69, 9.17) is 19.9 Å². The molecule has 21 heteroatoms. The first-order valence-electron chi connectivity index (χ1n) is 20.9. The van der Waals surface area contributed by atoms with E-state index in [1.165, 1.54) is 37.3 Å². The zero-order valence-corrected chi connectivity index (χ0v) is 38.8. The monoisotopic (exact) mass is 963 g/mol. The SMILES string of the molecule is COc1ccc(CN(Cc2ccc(OC)cc2)S(=O)(=O)c2c(S(=O)(=O)N[C@H](CO)CN(Cc3ccccc3)C(=O)O)ccc(-c3ccnc(N)c3)c2-c2nnn(Cc3ccc(OC)cc3)n2)cc1. The number of benzene rings is 5. The van der Waals surface area contributed by atoms with Crippen molar-refractivity contribution in [1.82, 2.24) is 39.1 Å². The van der Waals surface area contributed by atoms with E-state index < -0.39 is 55.1 Å². The third kappa shape index (κ3) is 11.6. The van der Waals surface area contributed by atoms with Crippen LogP contribution in [0, 0.1) is 0 Å². The summed E-state index contributed by atoms with van der Waals surface area (Å²) < 4.78 is 81.6. The summed E-state index contributed by atoms with van der Waals surface area (Å²) in [7, 11) is -5.50. The van der Waals surface area contributed by atoms with Gasteiger partial charge in [0.25, 0.3) is 0 Å². The number of carboxylic acid groups (broad SMARTS) is 1. The third-order valence-corrected chi connectivity index (χ3v) is 14.3. The Morgan fingerprint density at radius 2 is 1.31 bits per heavy atom. The Morgan fingerprint density at radius 1 is 0.750 bits per heavy atom. The highest BCUT2D eigenvalue weighted by Gasteiger charge is 2.39. The highest BCUT2D eigenvalue weighted by atomic mass is 32.2. The minimum Gasteiger partial charge on any atom is -0.497 e. The molecular formula is C47H49N9O10S2. The van der Waals surface area contributed by atoms with Crippen molar-refractivity contribution in [3.05, 3.63) is 156 Å². The molecule has 0 saturated carbocycles. The van der Waals surface area contributed by atoms with Gasteiger partial charge in [-0.2, -0.15) is 9.10 Å². The molecule has 0 fully saturated rings. The number of methoxy groups -OCH3 is 3. The molecule has 0 spiro atoms. The molecule has 1 amide bonds. The Morgan fingerprint density at radius 3 is 1.84 bits per heavy atom. The zero-order valence-electron chi connectivity index (χ0n) is 37.2. The van der Waals surface area contributed by atoms with Crippen LogP contribution in [0.5, 0.6) is 17.2 Å². The number of ether oxygens (including phenoxy) is 3. The van der Waals surface area contributed by atoms with E-state index in [2.05, 4.69) is 25.1 Å². The minimum absolute atomic E-state index is 0.0808. The van der Waals surface area contributed by atoms with Gasteiger partial charge in [-0.25, -0.2) is 31.3 Å². The zero-order chi connectivity index (χ0) is 48.4. The number of carbonyl (C=O) groups is 1. The lowest BCUT2D eigenvalue weighted by Gasteiger charge is -2.28. The predicted molar refractivity (Wildman–Crippen MR) is 251 cm³/mol. The maximum Gasteiger partial charge on any atom is 0.407 e. The number of aromatic nitrogens is 5. The molecule has 2 aromatic heterocycles. The number of hydrogen-bond acceptors (Lipinski definition) is 14. The number of tetrazole rings is 1. The Kier molecular flexibility index (Phi) is 15.3. The summed E-state index contributed by atoms with van der Waals surface area (Å²) in [6, 6.07) is 33.3. The second-order valence-electron chi connectivity index (χ2n) is 15.4. The van der Waals surface area contributed by atoms with Crippen LogP contribution < -0.4 is 24.7 Å². The smallest absolute Gasteiger partial charge is 0.407 e. The molecule has 0 bridgehead atoms. The van der Waals surface area contributed by atoms with Crippen LogP contribution in [0.2, 0.25) is 0 Å². The Hall–Kier alpha value is -7.43. The normalized spacial score (nSPS) is 12.1. The van der Waals surface area contributed by atoms with Gasteiger partial charge in [0.2, 0.25) is 25.9 Å².